The van der Waals surface area contributed by atoms with E-state index in [1.165, 1.54) is 54.1 Å². The first-order chi connectivity index (χ1) is 34.6. The van der Waals surface area contributed by atoms with Gasteiger partial charge in [-0.2, -0.15) is 48.6 Å². The van der Waals surface area contributed by atoms with Gasteiger partial charge in [0.15, 0.2) is 11.5 Å². The summed E-state index contributed by atoms with van der Waals surface area (Å²) in [5.41, 5.74) is -3.08. The van der Waals surface area contributed by atoms with Crippen LogP contribution in [0.5, 0.6) is 5.75 Å². The summed E-state index contributed by atoms with van der Waals surface area (Å²) in [6.07, 6.45) is 0. The molecule has 0 radical (unpaired) electrons. The lowest BCUT2D eigenvalue weighted by atomic mass is 9.83. The number of azo groups is 1. The average Bonchev–Trinajstić information content (AvgIpc) is 3.30. The van der Waals surface area contributed by atoms with E-state index in [0.717, 1.165) is 12.1 Å². The fourth-order valence-electron chi connectivity index (χ4n) is 8.04. The van der Waals surface area contributed by atoms with Crippen molar-refractivity contribution >= 4 is 132 Å². The number of nitrogens with one attached hydrogen (secondary N) is 3. The molecule has 0 aliphatic heterocycles. The van der Waals surface area contributed by atoms with E-state index in [1.54, 1.807) is 18.2 Å². The van der Waals surface area contributed by atoms with Gasteiger partial charge in [0.05, 0.1) is 44.3 Å². The van der Waals surface area contributed by atoms with Gasteiger partial charge in [0.25, 0.3) is 46.0 Å². The molecule has 0 fully saturated rings. The van der Waals surface area contributed by atoms with Crippen molar-refractivity contribution in [1.29, 1.82) is 0 Å². The van der Waals surface area contributed by atoms with Crippen molar-refractivity contribution in [3.05, 3.63) is 129 Å². The highest BCUT2D eigenvalue weighted by Gasteiger charge is 2.32. The third-order valence-electron chi connectivity index (χ3n) is 11.2. The summed E-state index contributed by atoms with van der Waals surface area (Å²) in [4.78, 5) is 46.4. The predicted molar refractivity (Wildman–Crippen MR) is 262 cm³/mol. The number of phenols is 1. The van der Waals surface area contributed by atoms with Crippen molar-refractivity contribution in [2.24, 2.45) is 17.3 Å². The molecule has 9 rings (SSSR count). The van der Waals surface area contributed by atoms with Gasteiger partial charge in [-0.25, -0.2) is 4.79 Å². The molecule has 0 atom stereocenters. The number of hydrogen-bond acceptors (Lipinski definition) is 20. The van der Waals surface area contributed by atoms with Crippen LogP contribution in [0.4, 0.5) is 46.0 Å². The molecule has 1 aliphatic rings. The molecule has 2 aromatic heterocycles. The molecule has 26 nitrogen and oxygen atoms in total. The molecular weight excluding hydrogens is 1080 g/mol. The number of pyridine rings is 1. The predicted octanol–water partition coefficient (Wildman–Crippen LogP) is 6.78. The summed E-state index contributed by atoms with van der Waals surface area (Å²) in [5, 5.41) is 34.8. The number of aromatic nitrogens is 4. The number of aromatic hydroxyl groups is 1. The van der Waals surface area contributed by atoms with Crippen molar-refractivity contribution < 1.29 is 71.7 Å². The van der Waals surface area contributed by atoms with Gasteiger partial charge in [0, 0.05) is 29.4 Å². The number of aromatic carboxylic acids is 1. The largest absolute Gasteiger partial charge is 0.505 e. The Hall–Kier alpha value is -8.33. The van der Waals surface area contributed by atoms with E-state index in [1.807, 2.05) is 0 Å². The maximum Gasteiger partial charge on any atom is 0.337 e. The zero-order valence-corrected chi connectivity index (χ0v) is 40.6. The van der Waals surface area contributed by atoms with Crippen LogP contribution in [0, 0.1) is 0 Å². The summed E-state index contributed by atoms with van der Waals surface area (Å²) >= 11 is 6.25. The topological polar surface area (TPSA) is 414 Å². The Bertz CT molecular complexity index is 4420. The highest BCUT2D eigenvalue weighted by atomic mass is 35.5. The van der Waals surface area contributed by atoms with E-state index in [2.05, 4.69) is 41.1 Å². The van der Waals surface area contributed by atoms with Crippen LogP contribution in [0.3, 0.4) is 0 Å². The number of phenolic OH excluding ortho intramolecular Hbond substituents is 1. The van der Waals surface area contributed by atoms with E-state index in [-0.39, 0.29) is 27.9 Å². The number of fused-ring (bicyclic) bond motifs is 3. The van der Waals surface area contributed by atoms with Crippen LogP contribution in [0.25, 0.3) is 32.8 Å². The maximum atomic E-state index is 14.2. The number of benzene rings is 6. The second kappa shape index (κ2) is 18.0. The van der Waals surface area contributed by atoms with Gasteiger partial charge in [-0.05, 0) is 82.7 Å². The first kappa shape index (κ1) is 50.6. The van der Waals surface area contributed by atoms with Gasteiger partial charge in [0.1, 0.15) is 26.1 Å². The van der Waals surface area contributed by atoms with Gasteiger partial charge >= 0.3 is 5.97 Å². The van der Waals surface area contributed by atoms with Crippen LogP contribution in [0.1, 0.15) is 26.3 Å². The molecule has 74 heavy (non-hydrogen) atoms. The SMILES string of the molecule is Cn1c(=O)cc2c3c(c(Nc4cc(Nc5nc(Cl)nc(Nc6cc(S(=O)(=O)O)cc7cc(S(=O)(=O)O)c(N=Nc8ccccc8C(=O)O)c(O)c67)n5)c(S(=O)(=O)O)cc4S(=O)(=O)O)ccc31)C(=O)c1ccccc1-2. The zero-order chi connectivity index (χ0) is 53.6. The number of carboxylic acids is 1. The van der Waals surface area contributed by atoms with Gasteiger partial charge < -0.3 is 30.7 Å². The Kier molecular flexibility index (Phi) is 12.3. The number of carbonyl (C=O) groups is 2. The Morgan fingerprint density at radius 1 is 0.608 bits per heavy atom. The Labute approximate surface area is 419 Å². The average molecular weight is 1110 g/mol. The van der Waals surface area contributed by atoms with E-state index in [0.29, 0.717) is 40.9 Å². The Balaban J connectivity index is 1.18. The molecule has 0 saturated carbocycles. The number of anilines is 6. The first-order valence-corrected chi connectivity index (χ1v) is 26.4. The summed E-state index contributed by atoms with van der Waals surface area (Å²) in [6.45, 7) is 0. The molecule has 9 N–H and O–H groups in total. The lowest BCUT2D eigenvalue weighted by molar-refractivity contribution is 0.0697. The van der Waals surface area contributed by atoms with E-state index < -0.39 is 139 Å². The normalized spacial score (nSPS) is 12.8. The number of halogens is 1. The molecule has 0 amide bonds. The molecule has 378 valence electrons. The summed E-state index contributed by atoms with van der Waals surface area (Å²) < 4.78 is 144. The Morgan fingerprint density at radius 3 is 1.82 bits per heavy atom. The fraction of sp³-hybridized carbons (Fsp3) is 0.0233. The molecule has 6 aromatic carbocycles. The van der Waals surface area contributed by atoms with Crippen molar-refractivity contribution in [2.75, 3.05) is 16.0 Å². The quantitative estimate of drug-likeness (QED) is 0.0424. The minimum absolute atomic E-state index is 0.0639. The second-order valence-corrected chi connectivity index (χ2v) is 21.7. The lowest BCUT2D eigenvalue weighted by Gasteiger charge is -2.24. The molecule has 0 saturated heterocycles. The maximum absolute atomic E-state index is 14.2. The van der Waals surface area contributed by atoms with Gasteiger partial charge in [-0.1, -0.05) is 36.4 Å². The summed E-state index contributed by atoms with van der Waals surface area (Å²) in [6, 6.07) is 18.5. The summed E-state index contributed by atoms with van der Waals surface area (Å²) in [5.74, 6) is -4.65. The number of carboxylic acid groups (broad SMARTS) is 1. The van der Waals surface area contributed by atoms with Crippen LogP contribution in [0.2, 0.25) is 5.28 Å². The van der Waals surface area contributed by atoms with Crippen LogP contribution >= 0.6 is 11.6 Å². The minimum atomic E-state index is -5.47. The van der Waals surface area contributed by atoms with Crippen molar-refractivity contribution in [1.82, 2.24) is 19.5 Å². The first-order valence-electron chi connectivity index (χ1n) is 20.3. The van der Waals surface area contributed by atoms with E-state index in [9.17, 15) is 76.5 Å². The summed E-state index contributed by atoms with van der Waals surface area (Å²) in [7, 11) is -20.0. The molecule has 2 heterocycles. The van der Waals surface area contributed by atoms with Crippen molar-refractivity contribution in [3.8, 4) is 16.9 Å². The number of nitrogens with zero attached hydrogens (tertiary/aromatic N) is 6. The highest BCUT2D eigenvalue weighted by molar-refractivity contribution is 7.87. The Morgan fingerprint density at radius 2 is 1.20 bits per heavy atom. The van der Waals surface area contributed by atoms with E-state index in [4.69, 9.17) is 11.6 Å². The number of hydrogen-bond donors (Lipinski definition) is 9. The standard InChI is InChI=1S/C43H28ClN9O17S4/c1-53-29-11-10-25(36-35(29)23(15-33(53)54)20-6-2-3-7-21(20)38(36)55)45-26-16-27(31(73(65,66)67)17-30(26)72(62,63)64)46-42-48-41(44)49-43(50-42)47-28-14-19(71(59,60)61)12-18-13-32(74(68,69)70)37(39(56)34(18)28)52-51-24-9-5-4-8-22(24)40(57)58/h2-17,45,56H,1H3,(H,57,58)(H,59,60,61)(H,62,63,64)(H,65,66,67)(H,68,69,70)(H2,46,47,48,49,50). The van der Waals surface area contributed by atoms with Crippen LogP contribution in [-0.2, 0) is 47.5 Å². The number of aryl methyl sites for hydroxylation is 1. The van der Waals surface area contributed by atoms with Gasteiger partial charge in [0.2, 0.25) is 17.2 Å². The van der Waals surface area contributed by atoms with Gasteiger partial charge in [-0.3, -0.25) is 27.8 Å². The van der Waals surface area contributed by atoms with Crippen molar-refractivity contribution in [3.63, 3.8) is 0 Å². The van der Waals surface area contributed by atoms with Crippen LogP contribution in [-0.4, -0.2) is 93.4 Å². The third kappa shape index (κ3) is 9.34. The molecule has 0 unspecified atom stereocenters. The monoisotopic (exact) mass is 1110 g/mol. The third-order valence-corrected chi connectivity index (χ3v) is 14.9. The number of ketones is 1. The molecule has 0 bridgehead atoms. The molecule has 1 aliphatic carbocycles. The number of carbonyl (C=O) groups excluding carboxylic acids is 1. The van der Waals surface area contributed by atoms with Crippen LogP contribution < -0.4 is 21.5 Å². The van der Waals surface area contributed by atoms with Crippen LogP contribution in [0.15, 0.2) is 132 Å². The minimum Gasteiger partial charge on any atom is -0.505 e. The van der Waals surface area contributed by atoms with Crippen molar-refractivity contribution in [2.45, 2.75) is 19.6 Å². The zero-order valence-electron chi connectivity index (χ0n) is 36.6. The number of rotatable bonds is 13. The van der Waals surface area contributed by atoms with Gasteiger partial charge in [-0.15, -0.1) is 10.2 Å². The highest BCUT2D eigenvalue weighted by Crippen LogP contribution is 2.47. The molecule has 8 aromatic rings. The van der Waals surface area contributed by atoms with E-state index >= 15 is 0 Å². The fourth-order valence-corrected chi connectivity index (χ4v) is 10.8. The smallest absolute Gasteiger partial charge is 0.337 e. The lowest BCUT2D eigenvalue weighted by Crippen LogP contribution is -2.21. The molecular formula is C43H28ClN9O17S4. The second-order valence-electron chi connectivity index (χ2n) is 15.7. The molecule has 31 heteroatoms. The molecule has 0 spiro atoms.